The molecule has 7 atom stereocenters. The van der Waals surface area contributed by atoms with E-state index in [1.165, 1.54) is 51.4 Å². The summed E-state index contributed by atoms with van der Waals surface area (Å²) in [7, 11) is 0. The lowest BCUT2D eigenvalue weighted by molar-refractivity contribution is -0.135. The Kier molecular flexibility index (Phi) is 2.92. The molecular formula is C20H30O2. The molecule has 0 bridgehead atoms. The zero-order chi connectivity index (χ0) is 14.9. The smallest absolute Gasteiger partial charge is 0.139 e. The molecular weight excluding hydrogens is 272 g/mol. The normalized spacial score (nSPS) is 56.4. The van der Waals surface area contributed by atoms with E-state index in [1.807, 2.05) is 0 Å². The molecule has 5 aliphatic rings. The maximum atomic E-state index is 12.6. The molecule has 2 nitrogen and oxygen atoms in total. The van der Waals surface area contributed by atoms with Crippen LogP contribution < -0.4 is 0 Å². The molecule has 4 saturated carbocycles. The van der Waals surface area contributed by atoms with Gasteiger partial charge in [-0.15, -0.1) is 0 Å². The van der Waals surface area contributed by atoms with Crippen molar-refractivity contribution in [2.45, 2.75) is 76.7 Å². The van der Waals surface area contributed by atoms with Crippen LogP contribution in [0.3, 0.4) is 0 Å². The van der Waals surface area contributed by atoms with Crippen molar-refractivity contribution < 1.29 is 9.53 Å². The van der Waals surface area contributed by atoms with Gasteiger partial charge in [-0.1, -0.05) is 6.92 Å². The molecule has 1 heterocycles. The molecule has 0 radical (unpaired) electrons. The minimum Gasteiger partial charge on any atom is -0.370 e. The largest absolute Gasteiger partial charge is 0.370 e. The van der Waals surface area contributed by atoms with Crippen molar-refractivity contribution in [3.05, 3.63) is 0 Å². The Balaban J connectivity index is 1.40. The van der Waals surface area contributed by atoms with Crippen molar-refractivity contribution in [2.24, 2.45) is 35.0 Å². The highest BCUT2D eigenvalue weighted by atomic mass is 16.6. The SMILES string of the molecule is CC[C@]12CC[C@H]3[C@@H](CC[C@@H]4CC5(CC[C@@H]43)CO5)[C@@H]1CCC2=O. The van der Waals surface area contributed by atoms with Gasteiger partial charge >= 0.3 is 0 Å². The third-order valence-electron chi connectivity index (χ3n) is 8.72. The van der Waals surface area contributed by atoms with Crippen LogP contribution in [0.1, 0.15) is 71.1 Å². The summed E-state index contributed by atoms with van der Waals surface area (Å²) in [6, 6.07) is 0. The second-order valence-corrected chi connectivity index (χ2v) is 9.16. The van der Waals surface area contributed by atoms with E-state index in [2.05, 4.69) is 6.92 Å². The number of epoxide rings is 1. The highest BCUT2D eigenvalue weighted by Crippen LogP contribution is 2.63. The van der Waals surface area contributed by atoms with Gasteiger partial charge in [-0.2, -0.15) is 0 Å². The van der Waals surface area contributed by atoms with Crippen LogP contribution in [0.4, 0.5) is 0 Å². The Bertz CT molecular complexity index is 494. The van der Waals surface area contributed by atoms with E-state index < -0.39 is 0 Å². The second kappa shape index (κ2) is 4.59. The number of rotatable bonds is 1. The van der Waals surface area contributed by atoms with E-state index in [-0.39, 0.29) is 5.41 Å². The summed E-state index contributed by atoms with van der Waals surface area (Å²) in [6.45, 7) is 3.32. The Morgan fingerprint density at radius 2 is 1.86 bits per heavy atom. The van der Waals surface area contributed by atoms with Gasteiger partial charge in [-0.05, 0) is 87.4 Å². The summed E-state index contributed by atoms with van der Waals surface area (Å²) < 4.78 is 5.79. The molecule has 5 rings (SSSR count). The van der Waals surface area contributed by atoms with E-state index in [4.69, 9.17) is 4.74 Å². The number of carbonyl (C=O) groups excluding carboxylic acids is 1. The first kappa shape index (κ1) is 14.0. The van der Waals surface area contributed by atoms with Crippen LogP contribution in [0.5, 0.6) is 0 Å². The monoisotopic (exact) mass is 302 g/mol. The van der Waals surface area contributed by atoms with Gasteiger partial charge in [-0.25, -0.2) is 0 Å². The molecule has 1 unspecified atom stereocenters. The number of ketones is 1. The van der Waals surface area contributed by atoms with Crippen molar-refractivity contribution in [3.8, 4) is 0 Å². The van der Waals surface area contributed by atoms with Gasteiger partial charge in [0.05, 0.1) is 12.2 Å². The van der Waals surface area contributed by atoms with Crippen LogP contribution >= 0.6 is 0 Å². The summed E-state index contributed by atoms with van der Waals surface area (Å²) in [5.41, 5.74) is 0.433. The van der Waals surface area contributed by atoms with Crippen molar-refractivity contribution in [3.63, 3.8) is 0 Å². The molecule has 1 spiro atoms. The zero-order valence-electron chi connectivity index (χ0n) is 14.0. The lowest BCUT2D eigenvalue weighted by Gasteiger charge is -2.55. The van der Waals surface area contributed by atoms with Crippen LogP contribution in [0.2, 0.25) is 0 Å². The molecule has 1 saturated heterocycles. The number of carbonyl (C=O) groups is 1. The summed E-state index contributed by atoms with van der Waals surface area (Å²) in [6.07, 6.45) is 12.6. The minimum absolute atomic E-state index is 0.101. The average molecular weight is 302 g/mol. The van der Waals surface area contributed by atoms with Crippen LogP contribution in [-0.2, 0) is 9.53 Å². The van der Waals surface area contributed by atoms with E-state index >= 15 is 0 Å². The molecule has 4 aliphatic carbocycles. The van der Waals surface area contributed by atoms with Gasteiger partial charge in [-0.3, -0.25) is 4.79 Å². The van der Waals surface area contributed by atoms with E-state index in [0.29, 0.717) is 11.4 Å². The van der Waals surface area contributed by atoms with Crippen molar-refractivity contribution >= 4 is 5.78 Å². The van der Waals surface area contributed by atoms with Gasteiger partial charge in [0.2, 0.25) is 0 Å². The first-order valence-electron chi connectivity index (χ1n) is 9.85. The molecule has 0 aromatic heterocycles. The Hall–Kier alpha value is -0.370. The van der Waals surface area contributed by atoms with Gasteiger partial charge in [0.25, 0.3) is 0 Å². The number of hydrogen-bond donors (Lipinski definition) is 0. The molecule has 0 aromatic rings. The van der Waals surface area contributed by atoms with Crippen molar-refractivity contribution in [1.29, 1.82) is 0 Å². The summed E-state index contributed by atoms with van der Waals surface area (Å²) in [4.78, 5) is 12.6. The Morgan fingerprint density at radius 1 is 1.05 bits per heavy atom. The Morgan fingerprint density at radius 3 is 2.64 bits per heavy atom. The lowest BCUT2D eigenvalue weighted by Crippen LogP contribution is -2.50. The Labute approximate surface area is 134 Å². The average Bonchev–Trinajstić information content (AvgIpc) is 3.20. The van der Waals surface area contributed by atoms with Gasteiger partial charge in [0, 0.05) is 11.8 Å². The van der Waals surface area contributed by atoms with E-state index in [9.17, 15) is 4.79 Å². The van der Waals surface area contributed by atoms with Crippen LogP contribution in [0.15, 0.2) is 0 Å². The number of Topliss-reactive ketones (excluding diaryl/α,β-unsaturated/α-hetero) is 1. The fourth-order valence-corrected chi connectivity index (χ4v) is 7.53. The van der Waals surface area contributed by atoms with E-state index in [0.717, 1.165) is 49.0 Å². The first-order valence-corrected chi connectivity index (χ1v) is 9.85. The van der Waals surface area contributed by atoms with Crippen LogP contribution in [0.25, 0.3) is 0 Å². The molecule has 5 fully saturated rings. The third kappa shape index (κ3) is 1.74. The van der Waals surface area contributed by atoms with Crippen LogP contribution in [0, 0.1) is 35.0 Å². The zero-order valence-corrected chi connectivity index (χ0v) is 14.0. The fourth-order valence-electron chi connectivity index (χ4n) is 7.53. The summed E-state index contributed by atoms with van der Waals surface area (Å²) >= 11 is 0. The van der Waals surface area contributed by atoms with Crippen molar-refractivity contribution in [1.82, 2.24) is 0 Å². The van der Waals surface area contributed by atoms with Crippen LogP contribution in [-0.4, -0.2) is 18.0 Å². The number of fused-ring (bicyclic) bond motifs is 5. The summed E-state index contributed by atoms with van der Waals surface area (Å²) in [5.74, 6) is 5.05. The minimum atomic E-state index is 0.101. The standard InChI is InChI=1S/C20H30O2/c1-2-20-10-8-15-14-7-9-19(12-22-19)11-13(14)3-4-16(15)17(20)5-6-18(20)21/h13-17H,2-12H2,1H3/t13-,14+,15-,16-,17+,19?,20+/m1/s1. The third-order valence-corrected chi connectivity index (χ3v) is 8.72. The highest BCUT2D eigenvalue weighted by Gasteiger charge is 2.60. The first-order chi connectivity index (χ1) is 10.7. The molecule has 0 aromatic carbocycles. The maximum absolute atomic E-state index is 12.6. The molecule has 0 amide bonds. The number of ether oxygens (including phenoxy) is 1. The summed E-state index contributed by atoms with van der Waals surface area (Å²) in [5, 5.41) is 0. The molecule has 0 N–H and O–H groups in total. The predicted molar refractivity (Wildman–Crippen MR) is 85.4 cm³/mol. The highest BCUT2D eigenvalue weighted by molar-refractivity contribution is 5.87. The maximum Gasteiger partial charge on any atom is 0.139 e. The van der Waals surface area contributed by atoms with Gasteiger partial charge < -0.3 is 4.74 Å². The molecule has 2 heteroatoms. The molecule has 1 aliphatic heterocycles. The topological polar surface area (TPSA) is 29.6 Å². The van der Waals surface area contributed by atoms with E-state index in [1.54, 1.807) is 0 Å². The lowest BCUT2D eigenvalue weighted by atomic mass is 9.49. The molecule has 122 valence electrons. The predicted octanol–water partition coefficient (Wildman–Crippen LogP) is 4.37. The number of hydrogen-bond acceptors (Lipinski definition) is 2. The quantitative estimate of drug-likeness (QED) is 0.673. The van der Waals surface area contributed by atoms with Gasteiger partial charge in [0.15, 0.2) is 0 Å². The van der Waals surface area contributed by atoms with Gasteiger partial charge in [0.1, 0.15) is 5.78 Å². The van der Waals surface area contributed by atoms with Crippen molar-refractivity contribution in [2.75, 3.05) is 6.61 Å². The fraction of sp³-hybridized carbons (Fsp3) is 0.950. The second-order valence-electron chi connectivity index (χ2n) is 9.16. The molecule has 22 heavy (non-hydrogen) atoms.